The molecule has 1 aromatic heterocycles. The summed E-state index contributed by atoms with van der Waals surface area (Å²) in [6.45, 7) is 5.68. The molecule has 1 aliphatic heterocycles. The van der Waals surface area contributed by atoms with Crippen LogP contribution < -0.4 is 5.32 Å². The third kappa shape index (κ3) is 3.45. The molecule has 1 saturated heterocycles. The van der Waals surface area contributed by atoms with Crippen molar-refractivity contribution in [1.29, 1.82) is 0 Å². The Kier molecular flexibility index (Phi) is 4.25. The zero-order valence-electron chi connectivity index (χ0n) is 12.9. The zero-order valence-corrected chi connectivity index (χ0v) is 12.9. The predicted molar refractivity (Wildman–Crippen MR) is 86.2 cm³/mol. The van der Waals surface area contributed by atoms with Gasteiger partial charge in [0, 0.05) is 31.7 Å². The van der Waals surface area contributed by atoms with Crippen molar-refractivity contribution >= 4 is 5.69 Å². The van der Waals surface area contributed by atoms with Gasteiger partial charge in [-0.1, -0.05) is 12.1 Å². The first-order valence-electron chi connectivity index (χ1n) is 7.77. The van der Waals surface area contributed by atoms with Crippen LogP contribution in [0.4, 0.5) is 5.69 Å². The Morgan fingerprint density at radius 1 is 1.29 bits per heavy atom. The number of anilines is 1. The van der Waals surface area contributed by atoms with Crippen molar-refractivity contribution in [1.82, 2.24) is 14.5 Å². The third-order valence-corrected chi connectivity index (χ3v) is 4.16. The minimum Gasteiger partial charge on any atom is -0.375 e. The van der Waals surface area contributed by atoms with Crippen LogP contribution in [0.3, 0.4) is 0 Å². The van der Waals surface area contributed by atoms with Crippen LogP contribution in [-0.4, -0.2) is 27.5 Å². The van der Waals surface area contributed by atoms with Crippen molar-refractivity contribution in [2.45, 2.75) is 32.4 Å². The fraction of sp³-hybridized carbons (Fsp3) is 0.471. The fourth-order valence-corrected chi connectivity index (χ4v) is 3.07. The average molecular weight is 284 g/mol. The Balaban J connectivity index is 1.66. The van der Waals surface area contributed by atoms with E-state index < -0.39 is 0 Å². The van der Waals surface area contributed by atoms with Gasteiger partial charge in [0.1, 0.15) is 5.82 Å². The average Bonchev–Trinajstić information content (AvgIpc) is 3.10. The van der Waals surface area contributed by atoms with Crippen LogP contribution in [0.2, 0.25) is 0 Å². The summed E-state index contributed by atoms with van der Waals surface area (Å²) in [6.07, 6.45) is 6.51. The summed E-state index contributed by atoms with van der Waals surface area (Å²) in [5.41, 5.74) is 2.55. The Morgan fingerprint density at radius 3 is 2.81 bits per heavy atom. The molecule has 0 spiro atoms. The van der Waals surface area contributed by atoms with Gasteiger partial charge >= 0.3 is 0 Å². The van der Waals surface area contributed by atoms with Gasteiger partial charge in [-0.25, -0.2) is 4.98 Å². The van der Waals surface area contributed by atoms with Crippen LogP contribution in [0.25, 0.3) is 0 Å². The lowest BCUT2D eigenvalue weighted by atomic mass is 10.1. The van der Waals surface area contributed by atoms with E-state index in [0.717, 1.165) is 12.4 Å². The maximum absolute atomic E-state index is 4.41. The molecule has 0 saturated carbocycles. The Labute approximate surface area is 126 Å². The number of aromatic nitrogens is 2. The molecule has 4 heteroatoms. The molecular weight excluding hydrogens is 260 g/mol. The number of imidazole rings is 1. The number of benzene rings is 1. The fourth-order valence-electron chi connectivity index (χ4n) is 3.07. The van der Waals surface area contributed by atoms with E-state index >= 15 is 0 Å². The largest absolute Gasteiger partial charge is 0.375 e. The number of hydrogen-bond acceptors (Lipinski definition) is 3. The molecule has 21 heavy (non-hydrogen) atoms. The number of rotatable bonds is 5. The first kappa shape index (κ1) is 14.1. The highest BCUT2D eigenvalue weighted by molar-refractivity contribution is 5.47. The van der Waals surface area contributed by atoms with E-state index in [2.05, 4.69) is 51.0 Å². The molecule has 4 nitrogen and oxygen atoms in total. The first-order chi connectivity index (χ1) is 10.2. The van der Waals surface area contributed by atoms with Crippen LogP contribution in [0, 0.1) is 0 Å². The molecule has 1 fully saturated rings. The van der Waals surface area contributed by atoms with Gasteiger partial charge in [0.25, 0.3) is 0 Å². The van der Waals surface area contributed by atoms with E-state index in [9.17, 15) is 0 Å². The highest BCUT2D eigenvalue weighted by Gasteiger charge is 2.13. The normalized spacial score (nSPS) is 17.0. The monoisotopic (exact) mass is 284 g/mol. The number of nitrogens with one attached hydrogen (secondary N) is 1. The van der Waals surface area contributed by atoms with Crippen molar-refractivity contribution < 1.29 is 0 Å². The number of likely N-dealkylation sites (tertiary alicyclic amines) is 1. The van der Waals surface area contributed by atoms with E-state index in [0.29, 0.717) is 0 Å². The second kappa shape index (κ2) is 6.31. The lowest BCUT2D eigenvalue weighted by molar-refractivity contribution is 0.331. The first-order valence-corrected chi connectivity index (χ1v) is 7.77. The molecule has 1 aliphatic rings. The van der Waals surface area contributed by atoms with E-state index in [-0.39, 0.29) is 6.04 Å². The summed E-state index contributed by atoms with van der Waals surface area (Å²) in [7, 11) is 2.03. The minimum absolute atomic E-state index is 0.201. The molecule has 1 aromatic carbocycles. The standard InChI is InChI=1S/C17H24N4/c1-14(17-18-8-11-20(17)2)19-16-7-5-6-15(12-16)13-21-9-3-4-10-21/h5-8,11-12,14,19H,3-4,9-10,13H2,1-2H3. The molecule has 2 heterocycles. The lowest BCUT2D eigenvalue weighted by Gasteiger charge is -2.18. The van der Waals surface area contributed by atoms with Crippen LogP contribution in [0.15, 0.2) is 36.7 Å². The van der Waals surface area contributed by atoms with Crippen molar-refractivity contribution in [3.05, 3.63) is 48.0 Å². The Hall–Kier alpha value is -1.81. The molecular formula is C17H24N4. The van der Waals surface area contributed by atoms with Crippen LogP contribution >= 0.6 is 0 Å². The topological polar surface area (TPSA) is 33.1 Å². The van der Waals surface area contributed by atoms with Gasteiger partial charge in [0.05, 0.1) is 6.04 Å². The molecule has 1 atom stereocenters. The summed E-state index contributed by atoms with van der Waals surface area (Å²) >= 11 is 0. The van der Waals surface area contributed by atoms with Gasteiger partial charge in [0.2, 0.25) is 0 Å². The molecule has 0 amide bonds. The highest BCUT2D eigenvalue weighted by atomic mass is 15.1. The molecule has 112 valence electrons. The number of hydrogen-bond donors (Lipinski definition) is 1. The Bertz CT molecular complexity index is 584. The minimum atomic E-state index is 0.201. The molecule has 3 rings (SSSR count). The summed E-state index contributed by atoms with van der Waals surface area (Å²) in [6, 6.07) is 8.95. The van der Waals surface area contributed by atoms with Gasteiger partial charge in [-0.05, 0) is 50.6 Å². The second-order valence-electron chi connectivity index (χ2n) is 5.95. The molecule has 2 aromatic rings. The summed E-state index contributed by atoms with van der Waals surface area (Å²) in [5.74, 6) is 1.06. The number of nitrogens with zero attached hydrogens (tertiary/aromatic N) is 3. The van der Waals surface area contributed by atoms with Gasteiger partial charge in [-0.2, -0.15) is 0 Å². The van der Waals surface area contributed by atoms with Crippen molar-refractivity contribution in [3.8, 4) is 0 Å². The lowest BCUT2D eigenvalue weighted by Crippen LogP contribution is -2.18. The SMILES string of the molecule is CC(Nc1cccc(CN2CCCC2)c1)c1nccn1C. The van der Waals surface area contributed by atoms with Crippen molar-refractivity contribution in [2.24, 2.45) is 7.05 Å². The Morgan fingerprint density at radius 2 is 2.10 bits per heavy atom. The van der Waals surface area contributed by atoms with Crippen molar-refractivity contribution in [2.75, 3.05) is 18.4 Å². The molecule has 1 unspecified atom stereocenters. The van der Waals surface area contributed by atoms with Gasteiger partial charge in [-0.15, -0.1) is 0 Å². The van der Waals surface area contributed by atoms with E-state index in [1.807, 2.05) is 19.4 Å². The second-order valence-corrected chi connectivity index (χ2v) is 5.95. The number of aryl methyl sites for hydroxylation is 1. The van der Waals surface area contributed by atoms with Gasteiger partial charge in [-0.3, -0.25) is 4.90 Å². The van der Waals surface area contributed by atoms with Crippen LogP contribution in [0.1, 0.15) is 37.2 Å². The third-order valence-electron chi connectivity index (χ3n) is 4.16. The maximum Gasteiger partial charge on any atom is 0.130 e. The van der Waals surface area contributed by atoms with Gasteiger partial charge in [0.15, 0.2) is 0 Å². The summed E-state index contributed by atoms with van der Waals surface area (Å²) in [4.78, 5) is 6.94. The van der Waals surface area contributed by atoms with E-state index in [1.165, 1.54) is 37.2 Å². The van der Waals surface area contributed by atoms with Crippen LogP contribution in [-0.2, 0) is 13.6 Å². The smallest absolute Gasteiger partial charge is 0.130 e. The molecule has 0 radical (unpaired) electrons. The highest BCUT2D eigenvalue weighted by Crippen LogP contribution is 2.20. The molecule has 1 N–H and O–H groups in total. The van der Waals surface area contributed by atoms with Gasteiger partial charge < -0.3 is 9.88 Å². The molecule has 0 bridgehead atoms. The quantitative estimate of drug-likeness (QED) is 0.915. The van der Waals surface area contributed by atoms with E-state index in [1.54, 1.807) is 0 Å². The summed E-state index contributed by atoms with van der Waals surface area (Å²) < 4.78 is 2.06. The predicted octanol–water partition coefficient (Wildman–Crippen LogP) is 3.19. The van der Waals surface area contributed by atoms with Crippen molar-refractivity contribution in [3.63, 3.8) is 0 Å². The van der Waals surface area contributed by atoms with E-state index in [4.69, 9.17) is 0 Å². The molecule has 0 aliphatic carbocycles. The van der Waals surface area contributed by atoms with Crippen LogP contribution in [0.5, 0.6) is 0 Å². The zero-order chi connectivity index (χ0) is 14.7. The maximum atomic E-state index is 4.41. The summed E-state index contributed by atoms with van der Waals surface area (Å²) in [5, 5.41) is 3.55.